The van der Waals surface area contributed by atoms with Gasteiger partial charge < -0.3 is 4.90 Å². The summed E-state index contributed by atoms with van der Waals surface area (Å²) in [6.45, 7) is 7.47. The van der Waals surface area contributed by atoms with Crippen molar-refractivity contribution in [2.24, 2.45) is 11.8 Å². The van der Waals surface area contributed by atoms with Crippen LogP contribution >= 0.6 is 0 Å². The topological polar surface area (TPSA) is 32.3 Å². The summed E-state index contributed by atoms with van der Waals surface area (Å²) in [7, 11) is 0. The smallest absolute Gasteiger partial charge is 0.241 e. The SMILES string of the molecule is CCCC1NC(C2CCCC2)N(CC(C)C)C1=O. The van der Waals surface area contributed by atoms with E-state index >= 15 is 0 Å². The van der Waals surface area contributed by atoms with Crippen LogP contribution in [0.2, 0.25) is 0 Å². The second kappa shape index (κ2) is 6.05. The monoisotopic (exact) mass is 252 g/mol. The number of hydrogen-bond donors (Lipinski definition) is 1. The first-order valence-electron chi connectivity index (χ1n) is 7.70. The van der Waals surface area contributed by atoms with Gasteiger partial charge in [-0.2, -0.15) is 0 Å². The Hall–Kier alpha value is -0.570. The fourth-order valence-electron chi connectivity index (χ4n) is 3.46. The van der Waals surface area contributed by atoms with Crippen molar-refractivity contribution in [1.29, 1.82) is 0 Å². The molecule has 2 aliphatic rings. The molecule has 3 heteroatoms. The Morgan fingerprint density at radius 2 is 2.00 bits per heavy atom. The Morgan fingerprint density at radius 3 is 2.56 bits per heavy atom. The first kappa shape index (κ1) is 13.9. The molecule has 18 heavy (non-hydrogen) atoms. The molecule has 2 atom stereocenters. The Kier molecular flexibility index (Phi) is 4.66. The zero-order chi connectivity index (χ0) is 13.1. The zero-order valence-electron chi connectivity index (χ0n) is 12.1. The summed E-state index contributed by atoms with van der Waals surface area (Å²) in [6.07, 6.45) is 7.64. The van der Waals surface area contributed by atoms with Crippen molar-refractivity contribution in [3.05, 3.63) is 0 Å². The van der Waals surface area contributed by atoms with Gasteiger partial charge >= 0.3 is 0 Å². The van der Waals surface area contributed by atoms with Crippen LogP contribution in [0.4, 0.5) is 0 Å². The van der Waals surface area contributed by atoms with Gasteiger partial charge in [0.2, 0.25) is 5.91 Å². The van der Waals surface area contributed by atoms with Crippen LogP contribution in [-0.4, -0.2) is 29.6 Å². The van der Waals surface area contributed by atoms with Crippen molar-refractivity contribution >= 4 is 5.91 Å². The molecular weight excluding hydrogens is 224 g/mol. The zero-order valence-corrected chi connectivity index (χ0v) is 12.1. The van der Waals surface area contributed by atoms with Crippen molar-refractivity contribution in [3.63, 3.8) is 0 Å². The maximum atomic E-state index is 12.5. The van der Waals surface area contributed by atoms with Crippen LogP contribution < -0.4 is 5.32 Å². The number of amides is 1. The second-order valence-electron chi connectivity index (χ2n) is 6.38. The third-order valence-electron chi connectivity index (χ3n) is 4.27. The third kappa shape index (κ3) is 2.87. The van der Waals surface area contributed by atoms with E-state index < -0.39 is 0 Å². The van der Waals surface area contributed by atoms with Gasteiger partial charge in [0.15, 0.2) is 0 Å². The molecule has 3 nitrogen and oxygen atoms in total. The molecule has 0 spiro atoms. The molecule has 1 aliphatic carbocycles. The lowest BCUT2D eigenvalue weighted by molar-refractivity contribution is -0.131. The second-order valence-corrected chi connectivity index (χ2v) is 6.38. The number of carbonyl (C=O) groups is 1. The van der Waals surface area contributed by atoms with Crippen molar-refractivity contribution in [2.45, 2.75) is 71.5 Å². The number of carbonyl (C=O) groups excluding carboxylic acids is 1. The van der Waals surface area contributed by atoms with Gasteiger partial charge in [-0.15, -0.1) is 0 Å². The summed E-state index contributed by atoms with van der Waals surface area (Å²) in [5.41, 5.74) is 0. The number of hydrogen-bond acceptors (Lipinski definition) is 2. The van der Waals surface area contributed by atoms with Crippen molar-refractivity contribution in [1.82, 2.24) is 10.2 Å². The number of rotatable bonds is 5. The van der Waals surface area contributed by atoms with Gasteiger partial charge in [0.05, 0.1) is 12.2 Å². The highest BCUT2D eigenvalue weighted by atomic mass is 16.2. The van der Waals surface area contributed by atoms with E-state index in [-0.39, 0.29) is 6.04 Å². The highest BCUT2D eigenvalue weighted by molar-refractivity contribution is 5.84. The summed E-state index contributed by atoms with van der Waals surface area (Å²) < 4.78 is 0. The van der Waals surface area contributed by atoms with Gasteiger partial charge in [0.25, 0.3) is 0 Å². The number of nitrogens with zero attached hydrogens (tertiary/aromatic N) is 1. The molecule has 1 aliphatic heterocycles. The molecular formula is C15H28N2O. The molecule has 0 aromatic carbocycles. The molecule has 2 fully saturated rings. The maximum Gasteiger partial charge on any atom is 0.241 e. The Bertz CT molecular complexity index is 284. The van der Waals surface area contributed by atoms with E-state index in [0.717, 1.165) is 19.4 Å². The molecule has 1 heterocycles. The third-order valence-corrected chi connectivity index (χ3v) is 4.27. The fraction of sp³-hybridized carbons (Fsp3) is 0.933. The molecule has 1 N–H and O–H groups in total. The Labute approximate surface area is 111 Å². The van der Waals surface area contributed by atoms with E-state index in [1.165, 1.54) is 25.7 Å². The van der Waals surface area contributed by atoms with Gasteiger partial charge in [-0.1, -0.05) is 40.0 Å². The number of nitrogens with one attached hydrogen (secondary N) is 1. The predicted molar refractivity (Wildman–Crippen MR) is 74.1 cm³/mol. The van der Waals surface area contributed by atoms with Crippen LogP contribution in [0.3, 0.4) is 0 Å². The molecule has 0 bridgehead atoms. The van der Waals surface area contributed by atoms with E-state index in [9.17, 15) is 4.79 Å². The summed E-state index contributed by atoms with van der Waals surface area (Å²) in [4.78, 5) is 14.6. The summed E-state index contributed by atoms with van der Waals surface area (Å²) in [5, 5.41) is 3.62. The van der Waals surface area contributed by atoms with Crippen LogP contribution in [0, 0.1) is 11.8 Å². The maximum absolute atomic E-state index is 12.5. The summed E-state index contributed by atoms with van der Waals surface area (Å²) in [5.74, 6) is 1.59. The average molecular weight is 252 g/mol. The minimum atomic E-state index is 0.0827. The Morgan fingerprint density at radius 1 is 1.33 bits per heavy atom. The van der Waals surface area contributed by atoms with E-state index in [1.54, 1.807) is 0 Å². The lowest BCUT2D eigenvalue weighted by Crippen LogP contribution is -2.44. The molecule has 2 rings (SSSR count). The van der Waals surface area contributed by atoms with E-state index in [2.05, 4.69) is 31.0 Å². The molecule has 1 saturated heterocycles. The summed E-state index contributed by atoms with van der Waals surface area (Å²) >= 11 is 0. The average Bonchev–Trinajstić information content (AvgIpc) is 2.92. The van der Waals surface area contributed by atoms with Crippen LogP contribution in [-0.2, 0) is 4.79 Å². The van der Waals surface area contributed by atoms with Gasteiger partial charge in [0, 0.05) is 6.54 Å². The summed E-state index contributed by atoms with van der Waals surface area (Å²) in [6, 6.07) is 0.0827. The lowest BCUT2D eigenvalue weighted by Gasteiger charge is -2.30. The highest BCUT2D eigenvalue weighted by Crippen LogP contribution is 2.32. The van der Waals surface area contributed by atoms with Crippen LogP contribution in [0.5, 0.6) is 0 Å². The first-order valence-corrected chi connectivity index (χ1v) is 7.70. The van der Waals surface area contributed by atoms with Crippen LogP contribution in [0.25, 0.3) is 0 Å². The highest BCUT2D eigenvalue weighted by Gasteiger charge is 2.42. The van der Waals surface area contributed by atoms with Gasteiger partial charge in [-0.05, 0) is 31.1 Å². The fourth-order valence-corrected chi connectivity index (χ4v) is 3.46. The molecule has 0 radical (unpaired) electrons. The van der Waals surface area contributed by atoms with E-state index in [4.69, 9.17) is 0 Å². The molecule has 1 amide bonds. The van der Waals surface area contributed by atoms with E-state index in [0.29, 0.717) is 23.9 Å². The standard InChI is InChI=1S/C15H28N2O/c1-4-7-13-15(18)17(10-11(2)3)14(16-13)12-8-5-6-9-12/h11-14,16H,4-10H2,1-3H3. The minimum Gasteiger partial charge on any atom is -0.325 e. The molecule has 0 aromatic rings. The molecule has 2 unspecified atom stereocenters. The van der Waals surface area contributed by atoms with Crippen LogP contribution in [0.15, 0.2) is 0 Å². The Balaban J connectivity index is 2.06. The van der Waals surface area contributed by atoms with E-state index in [1.807, 2.05) is 0 Å². The first-order chi connectivity index (χ1) is 8.63. The lowest BCUT2D eigenvalue weighted by atomic mass is 10.0. The van der Waals surface area contributed by atoms with Gasteiger partial charge in [-0.25, -0.2) is 0 Å². The van der Waals surface area contributed by atoms with Gasteiger partial charge in [-0.3, -0.25) is 10.1 Å². The molecule has 1 saturated carbocycles. The van der Waals surface area contributed by atoms with Crippen LogP contribution in [0.1, 0.15) is 59.3 Å². The quantitative estimate of drug-likeness (QED) is 0.816. The normalized spacial score (nSPS) is 29.8. The largest absolute Gasteiger partial charge is 0.325 e. The van der Waals surface area contributed by atoms with Crippen molar-refractivity contribution in [2.75, 3.05) is 6.54 Å². The predicted octanol–water partition coefficient (Wildman–Crippen LogP) is 2.76. The molecule has 0 aromatic heterocycles. The minimum absolute atomic E-state index is 0.0827. The van der Waals surface area contributed by atoms with Crippen molar-refractivity contribution in [3.8, 4) is 0 Å². The molecule has 104 valence electrons. The van der Waals surface area contributed by atoms with Crippen molar-refractivity contribution < 1.29 is 4.79 Å². The van der Waals surface area contributed by atoms with Gasteiger partial charge in [0.1, 0.15) is 0 Å².